The Morgan fingerprint density at radius 2 is 1.62 bits per heavy atom. The minimum atomic E-state index is -0.997. The molecule has 10 heteroatoms. The molecule has 3 rings (SSSR count). The van der Waals surface area contributed by atoms with Crippen LogP contribution in [0.1, 0.15) is 21.5 Å². The summed E-state index contributed by atoms with van der Waals surface area (Å²) in [6.45, 7) is 1.81. The van der Waals surface area contributed by atoms with Gasteiger partial charge >= 0.3 is 17.8 Å². The van der Waals surface area contributed by atoms with Gasteiger partial charge in [0.25, 0.3) is 0 Å². The fraction of sp³-hybridized carbons (Fsp3) is 0.0833. The molecule has 0 aliphatic rings. The number of carbonyl (C=O) groups excluding carboxylic acids is 3. The molecule has 2 N–H and O–H groups in total. The van der Waals surface area contributed by atoms with Crippen molar-refractivity contribution in [3.63, 3.8) is 0 Å². The van der Waals surface area contributed by atoms with E-state index in [1.807, 2.05) is 19.1 Å². The Labute approximate surface area is 205 Å². The Bertz CT molecular complexity index is 1260. The van der Waals surface area contributed by atoms with Crippen LogP contribution in [0.4, 0.5) is 5.69 Å². The molecule has 34 heavy (non-hydrogen) atoms. The van der Waals surface area contributed by atoms with Gasteiger partial charge in [-0.3, -0.25) is 9.59 Å². The van der Waals surface area contributed by atoms with Crippen LogP contribution in [0.5, 0.6) is 11.5 Å². The lowest BCUT2D eigenvalue weighted by molar-refractivity contribution is -0.136. The molecule has 0 radical (unpaired) electrons. The number of nitrogens with one attached hydrogen (secondary N) is 2. The number of aryl methyl sites for hydroxylation is 1. The first-order valence-electron chi connectivity index (χ1n) is 9.83. The van der Waals surface area contributed by atoms with Crippen LogP contribution >= 0.6 is 23.2 Å². The van der Waals surface area contributed by atoms with Gasteiger partial charge in [-0.2, -0.15) is 5.10 Å². The molecule has 0 aromatic heterocycles. The van der Waals surface area contributed by atoms with E-state index in [4.69, 9.17) is 32.7 Å². The van der Waals surface area contributed by atoms with Gasteiger partial charge < -0.3 is 14.8 Å². The minimum Gasteiger partial charge on any atom is -0.493 e. The standard InChI is InChI=1S/C24H19Cl2N3O5/c1-14-5-3-4-6-19(14)24(32)34-20-8-7-15(9-21(20)33-2)13-27-29-23(31)22(30)28-18-11-16(25)10-17(26)12-18/h3-13H,1-2H3,(H,28,30)(H,29,31)/b27-13+. The second kappa shape index (κ2) is 11.3. The summed E-state index contributed by atoms with van der Waals surface area (Å²) in [6, 6.07) is 16.1. The topological polar surface area (TPSA) is 106 Å². The Hall–Kier alpha value is -3.88. The second-order valence-corrected chi connectivity index (χ2v) is 7.80. The molecule has 0 fully saturated rings. The van der Waals surface area contributed by atoms with Crippen LogP contribution in [0.15, 0.2) is 65.8 Å². The molecule has 0 saturated heterocycles. The molecule has 174 valence electrons. The van der Waals surface area contributed by atoms with E-state index in [2.05, 4.69) is 15.8 Å². The van der Waals surface area contributed by atoms with Gasteiger partial charge in [0.2, 0.25) is 0 Å². The SMILES string of the molecule is COc1cc(/C=N/NC(=O)C(=O)Nc2cc(Cl)cc(Cl)c2)ccc1OC(=O)c1ccccc1C. The van der Waals surface area contributed by atoms with Crippen LogP contribution in [0.3, 0.4) is 0 Å². The fourth-order valence-corrected chi connectivity index (χ4v) is 3.36. The van der Waals surface area contributed by atoms with Crippen molar-refractivity contribution in [2.24, 2.45) is 5.10 Å². The predicted octanol–water partition coefficient (Wildman–Crippen LogP) is 4.62. The third-order valence-electron chi connectivity index (χ3n) is 4.46. The van der Waals surface area contributed by atoms with E-state index in [0.29, 0.717) is 21.2 Å². The van der Waals surface area contributed by atoms with Crippen LogP contribution in [0.25, 0.3) is 0 Å². The molecule has 2 amide bonds. The van der Waals surface area contributed by atoms with Crippen molar-refractivity contribution in [3.05, 3.63) is 87.4 Å². The van der Waals surface area contributed by atoms with Gasteiger partial charge in [0.1, 0.15) is 0 Å². The zero-order valence-corrected chi connectivity index (χ0v) is 19.6. The number of hydrazone groups is 1. The number of carbonyl (C=O) groups is 3. The number of hydrogen-bond acceptors (Lipinski definition) is 6. The number of amides is 2. The maximum absolute atomic E-state index is 12.5. The molecule has 0 atom stereocenters. The Morgan fingerprint density at radius 3 is 2.29 bits per heavy atom. The van der Waals surface area contributed by atoms with E-state index >= 15 is 0 Å². The van der Waals surface area contributed by atoms with Gasteiger partial charge in [-0.15, -0.1) is 0 Å². The molecule has 0 saturated carbocycles. The molecular weight excluding hydrogens is 481 g/mol. The highest BCUT2D eigenvalue weighted by atomic mass is 35.5. The minimum absolute atomic E-state index is 0.219. The van der Waals surface area contributed by atoms with Gasteiger partial charge in [0, 0.05) is 15.7 Å². The number of esters is 1. The maximum atomic E-state index is 12.5. The number of anilines is 1. The summed E-state index contributed by atoms with van der Waals surface area (Å²) in [5.41, 5.74) is 4.13. The first kappa shape index (κ1) is 24.8. The van der Waals surface area contributed by atoms with Crippen LogP contribution in [-0.2, 0) is 9.59 Å². The molecule has 3 aromatic rings. The van der Waals surface area contributed by atoms with Gasteiger partial charge in [-0.25, -0.2) is 10.2 Å². The van der Waals surface area contributed by atoms with E-state index in [0.717, 1.165) is 5.56 Å². The molecule has 0 unspecified atom stereocenters. The number of nitrogens with zero attached hydrogens (tertiary/aromatic N) is 1. The second-order valence-electron chi connectivity index (χ2n) is 6.93. The summed E-state index contributed by atoms with van der Waals surface area (Å²) in [5.74, 6) is -1.96. The van der Waals surface area contributed by atoms with Crippen molar-refractivity contribution in [1.29, 1.82) is 0 Å². The Kier molecular flexibility index (Phi) is 8.24. The largest absolute Gasteiger partial charge is 0.493 e. The van der Waals surface area contributed by atoms with Gasteiger partial charge in [-0.05, 0) is 60.5 Å². The van der Waals surface area contributed by atoms with E-state index < -0.39 is 17.8 Å². The smallest absolute Gasteiger partial charge is 0.343 e. The highest BCUT2D eigenvalue weighted by Crippen LogP contribution is 2.28. The average Bonchev–Trinajstić information content (AvgIpc) is 2.79. The number of halogens is 2. The van der Waals surface area contributed by atoms with E-state index in [9.17, 15) is 14.4 Å². The lowest BCUT2D eigenvalue weighted by atomic mass is 10.1. The normalized spacial score (nSPS) is 10.6. The zero-order chi connectivity index (χ0) is 24.7. The maximum Gasteiger partial charge on any atom is 0.343 e. The third kappa shape index (κ3) is 6.57. The highest BCUT2D eigenvalue weighted by molar-refractivity contribution is 6.40. The van der Waals surface area contributed by atoms with Gasteiger partial charge in [0.15, 0.2) is 11.5 Å². The van der Waals surface area contributed by atoms with Crippen LogP contribution in [0, 0.1) is 6.92 Å². The van der Waals surface area contributed by atoms with Crippen molar-refractivity contribution in [1.82, 2.24) is 5.43 Å². The molecule has 0 bridgehead atoms. The number of ether oxygens (including phenoxy) is 2. The number of hydrogen-bond donors (Lipinski definition) is 2. The molecule has 0 aliphatic heterocycles. The lowest BCUT2D eigenvalue weighted by Crippen LogP contribution is -2.32. The van der Waals surface area contributed by atoms with Gasteiger partial charge in [0.05, 0.1) is 18.9 Å². The van der Waals surface area contributed by atoms with Crippen molar-refractivity contribution < 1.29 is 23.9 Å². The van der Waals surface area contributed by atoms with Crippen molar-refractivity contribution in [3.8, 4) is 11.5 Å². The summed E-state index contributed by atoms with van der Waals surface area (Å²) in [5, 5.41) is 6.75. The Balaban J connectivity index is 1.62. The first-order chi connectivity index (χ1) is 16.3. The average molecular weight is 500 g/mol. The molecular formula is C24H19Cl2N3O5. The van der Waals surface area contributed by atoms with Crippen LogP contribution < -0.4 is 20.2 Å². The van der Waals surface area contributed by atoms with E-state index in [1.54, 1.807) is 24.3 Å². The lowest BCUT2D eigenvalue weighted by Gasteiger charge is -2.11. The van der Waals surface area contributed by atoms with Gasteiger partial charge in [-0.1, -0.05) is 41.4 Å². The molecule has 0 spiro atoms. The zero-order valence-electron chi connectivity index (χ0n) is 18.1. The van der Waals surface area contributed by atoms with Crippen molar-refractivity contribution in [2.75, 3.05) is 12.4 Å². The first-order valence-corrected chi connectivity index (χ1v) is 10.6. The molecule has 8 nitrogen and oxygen atoms in total. The van der Waals surface area contributed by atoms with Crippen LogP contribution in [-0.4, -0.2) is 31.1 Å². The van der Waals surface area contributed by atoms with Crippen LogP contribution in [0.2, 0.25) is 10.0 Å². The monoisotopic (exact) mass is 499 g/mol. The molecule has 0 heterocycles. The van der Waals surface area contributed by atoms with Crippen molar-refractivity contribution in [2.45, 2.75) is 6.92 Å². The number of methoxy groups -OCH3 is 1. The Morgan fingerprint density at radius 1 is 0.912 bits per heavy atom. The summed E-state index contributed by atoms with van der Waals surface area (Å²) < 4.78 is 10.7. The highest BCUT2D eigenvalue weighted by Gasteiger charge is 2.15. The summed E-state index contributed by atoms with van der Waals surface area (Å²) in [4.78, 5) is 36.5. The quantitative estimate of drug-likeness (QED) is 0.169. The summed E-state index contributed by atoms with van der Waals surface area (Å²) in [6.07, 6.45) is 1.30. The number of benzene rings is 3. The third-order valence-corrected chi connectivity index (χ3v) is 4.90. The van der Waals surface area contributed by atoms with E-state index in [1.165, 1.54) is 37.6 Å². The summed E-state index contributed by atoms with van der Waals surface area (Å²) >= 11 is 11.7. The molecule has 0 aliphatic carbocycles. The number of rotatable bonds is 6. The summed E-state index contributed by atoms with van der Waals surface area (Å²) in [7, 11) is 1.43. The molecule has 3 aromatic carbocycles. The van der Waals surface area contributed by atoms with Crippen molar-refractivity contribution >= 4 is 52.9 Å². The predicted molar refractivity (Wildman–Crippen MR) is 130 cm³/mol. The fourth-order valence-electron chi connectivity index (χ4n) is 2.84. The van der Waals surface area contributed by atoms with E-state index in [-0.39, 0.29) is 17.2 Å².